The van der Waals surface area contributed by atoms with Crippen LogP contribution in [-0.2, 0) is 0 Å². The summed E-state index contributed by atoms with van der Waals surface area (Å²) in [5, 5.41) is 6.88. The van der Waals surface area contributed by atoms with Crippen LogP contribution in [0.2, 0.25) is 0 Å². The summed E-state index contributed by atoms with van der Waals surface area (Å²) in [4.78, 5) is 9.88. The van der Waals surface area contributed by atoms with Crippen molar-refractivity contribution in [3.8, 4) is 0 Å². The van der Waals surface area contributed by atoms with Crippen molar-refractivity contribution in [2.75, 3.05) is 65.2 Å². The summed E-state index contributed by atoms with van der Waals surface area (Å²) in [6.45, 7) is 21.1. The lowest BCUT2D eigenvalue weighted by atomic mass is 10.1. The second-order valence-corrected chi connectivity index (χ2v) is 8.89. The molecule has 1 saturated heterocycles. The van der Waals surface area contributed by atoms with Crippen LogP contribution in [0.15, 0.2) is 4.99 Å². The second kappa shape index (κ2) is 11.2. The molecule has 1 heterocycles. The standard InChI is InChI=1S/C18H39N5S/c1-7-19-17(21-15-18(4,5)24-6)20-13-16(3)14-23-11-9-22(8-2)10-12-23/h16H,7-15H2,1-6H3,(H2,19,20,21). The molecule has 0 aromatic rings. The van der Waals surface area contributed by atoms with Crippen molar-refractivity contribution in [3.05, 3.63) is 0 Å². The Kier molecular flexibility index (Phi) is 10.1. The molecule has 142 valence electrons. The first-order valence-corrected chi connectivity index (χ1v) is 10.6. The van der Waals surface area contributed by atoms with Crippen LogP contribution in [0.25, 0.3) is 0 Å². The lowest BCUT2D eigenvalue weighted by Gasteiger charge is -2.35. The summed E-state index contributed by atoms with van der Waals surface area (Å²) >= 11 is 1.86. The molecule has 1 rings (SSSR count). The van der Waals surface area contributed by atoms with Gasteiger partial charge in [-0.25, -0.2) is 0 Å². The quantitative estimate of drug-likeness (QED) is 0.488. The lowest BCUT2D eigenvalue weighted by Crippen LogP contribution is -2.48. The van der Waals surface area contributed by atoms with Crippen LogP contribution < -0.4 is 10.6 Å². The summed E-state index contributed by atoms with van der Waals surface area (Å²) < 4.78 is 0.187. The molecule has 0 amide bonds. The summed E-state index contributed by atoms with van der Waals surface area (Å²) in [6.07, 6.45) is 2.15. The Labute approximate surface area is 154 Å². The topological polar surface area (TPSA) is 42.9 Å². The molecule has 1 unspecified atom stereocenters. The van der Waals surface area contributed by atoms with Crippen molar-refractivity contribution in [2.24, 2.45) is 10.9 Å². The number of aliphatic imine (C=N–C) groups is 1. The molecule has 0 aliphatic carbocycles. The van der Waals surface area contributed by atoms with E-state index in [-0.39, 0.29) is 4.75 Å². The highest BCUT2D eigenvalue weighted by Gasteiger charge is 2.18. The van der Waals surface area contributed by atoms with Gasteiger partial charge in [0.05, 0.1) is 6.54 Å². The summed E-state index contributed by atoms with van der Waals surface area (Å²) in [5.74, 6) is 1.57. The highest BCUT2D eigenvalue weighted by Crippen LogP contribution is 2.20. The Bertz CT molecular complexity index is 364. The predicted molar refractivity (Wildman–Crippen MR) is 109 cm³/mol. The van der Waals surface area contributed by atoms with Crippen molar-refractivity contribution in [2.45, 2.75) is 39.4 Å². The van der Waals surface area contributed by atoms with Gasteiger partial charge in [0.15, 0.2) is 5.96 Å². The monoisotopic (exact) mass is 357 g/mol. The van der Waals surface area contributed by atoms with Crippen molar-refractivity contribution in [3.63, 3.8) is 0 Å². The van der Waals surface area contributed by atoms with Crippen LogP contribution in [0.4, 0.5) is 0 Å². The average molecular weight is 358 g/mol. The van der Waals surface area contributed by atoms with E-state index in [0.29, 0.717) is 5.92 Å². The number of hydrogen-bond acceptors (Lipinski definition) is 4. The van der Waals surface area contributed by atoms with Gasteiger partial charge in [0.1, 0.15) is 0 Å². The van der Waals surface area contributed by atoms with Crippen LogP contribution in [0.3, 0.4) is 0 Å². The van der Waals surface area contributed by atoms with Crippen LogP contribution in [0, 0.1) is 5.92 Å². The minimum absolute atomic E-state index is 0.187. The molecule has 0 radical (unpaired) electrons. The zero-order chi connectivity index (χ0) is 18.0. The van der Waals surface area contributed by atoms with Gasteiger partial charge in [-0.1, -0.05) is 13.8 Å². The molecule has 0 aromatic heterocycles. The fourth-order valence-corrected chi connectivity index (χ4v) is 2.93. The molecule has 0 spiro atoms. The first kappa shape index (κ1) is 21.6. The molecule has 1 fully saturated rings. The van der Waals surface area contributed by atoms with Gasteiger partial charge >= 0.3 is 0 Å². The van der Waals surface area contributed by atoms with Crippen LogP contribution >= 0.6 is 11.8 Å². The summed E-state index contributed by atoms with van der Waals surface area (Å²) in [5.41, 5.74) is 0. The van der Waals surface area contributed by atoms with Crippen molar-refractivity contribution >= 4 is 17.7 Å². The van der Waals surface area contributed by atoms with E-state index in [1.807, 2.05) is 11.8 Å². The third-order valence-corrected chi connectivity index (χ3v) is 5.85. The molecule has 1 aliphatic rings. The molecule has 2 N–H and O–H groups in total. The van der Waals surface area contributed by atoms with Crippen molar-refractivity contribution < 1.29 is 0 Å². The van der Waals surface area contributed by atoms with E-state index in [0.717, 1.165) is 25.6 Å². The van der Waals surface area contributed by atoms with E-state index in [2.05, 4.69) is 61.3 Å². The number of nitrogens with zero attached hydrogens (tertiary/aromatic N) is 3. The van der Waals surface area contributed by atoms with Gasteiger partial charge < -0.3 is 20.4 Å². The molecule has 5 nitrogen and oxygen atoms in total. The molecule has 1 aliphatic heterocycles. The van der Waals surface area contributed by atoms with Crippen molar-refractivity contribution in [1.82, 2.24) is 20.4 Å². The van der Waals surface area contributed by atoms with Crippen LogP contribution in [0.1, 0.15) is 34.6 Å². The number of guanidine groups is 1. The summed E-state index contributed by atoms with van der Waals surface area (Å²) in [7, 11) is 0. The maximum atomic E-state index is 4.75. The zero-order valence-electron chi connectivity index (χ0n) is 16.7. The van der Waals surface area contributed by atoms with Gasteiger partial charge in [-0.15, -0.1) is 0 Å². The molecular weight excluding hydrogens is 318 g/mol. The van der Waals surface area contributed by atoms with E-state index in [9.17, 15) is 0 Å². The fourth-order valence-electron chi connectivity index (χ4n) is 2.74. The predicted octanol–water partition coefficient (Wildman–Crippen LogP) is 1.96. The highest BCUT2D eigenvalue weighted by atomic mass is 32.2. The normalized spacial score (nSPS) is 19.3. The smallest absolute Gasteiger partial charge is 0.191 e. The third-order valence-electron chi connectivity index (χ3n) is 4.61. The second-order valence-electron chi connectivity index (χ2n) is 7.38. The Balaban J connectivity index is 2.36. The van der Waals surface area contributed by atoms with Gasteiger partial charge in [-0.05, 0) is 39.5 Å². The van der Waals surface area contributed by atoms with Gasteiger partial charge in [-0.2, -0.15) is 11.8 Å². The zero-order valence-corrected chi connectivity index (χ0v) is 17.5. The van der Waals surface area contributed by atoms with E-state index in [1.54, 1.807) is 0 Å². The minimum atomic E-state index is 0.187. The molecule has 0 bridgehead atoms. The third kappa shape index (κ3) is 8.58. The Morgan fingerprint density at radius 1 is 1.12 bits per heavy atom. The number of piperazine rings is 1. The highest BCUT2D eigenvalue weighted by molar-refractivity contribution is 7.99. The van der Waals surface area contributed by atoms with E-state index >= 15 is 0 Å². The number of likely N-dealkylation sites (N-methyl/N-ethyl adjacent to an activating group) is 1. The molecule has 24 heavy (non-hydrogen) atoms. The fraction of sp³-hybridized carbons (Fsp3) is 0.944. The number of nitrogens with one attached hydrogen (secondary N) is 2. The van der Waals surface area contributed by atoms with Gasteiger partial charge in [0, 0.05) is 50.6 Å². The Hall–Kier alpha value is -0.460. The van der Waals surface area contributed by atoms with Gasteiger partial charge in [0.2, 0.25) is 0 Å². The number of thioether (sulfide) groups is 1. The summed E-state index contributed by atoms with van der Waals surface area (Å²) in [6, 6.07) is 0. The van der Waals surface area contributed by atoms with Crippen LogP contribution in [-0.4, -0.2) is 85.7 Å². The maximum Gasteiger partial charge on any atom is 0.191 e. The minimum Gasteiger partial charge on any atom is -0.357 e. The molecule has 0 aromatic carbocycles. The SMILES string of the molecule is CCNC(=NCC(C)(C)SC)NCC(C)CN1CCN(CC)CC1. The largest absolute Gasteiger partial charge is 0.357 e. The molecule has 6 heteroatoms. The lowest BCUT2D eigenvalue weighted by molar-refractivity contribution is 0.124. The van der Waals surface area contributed by atoms with Crippen LogP contribution in [0.5, 0.6) is 0 Å². The van der Waals surface area contributed by atoms with E-state index in [4.69, 9.17) is 4.99 Å². The first-order valence-electron chi connectivity index (χ1n) is 9.42. The number of hydrogen-bond donors (Lipinski definition) is 2. The van der Waals surface area contributed by atoms with Gasteiger partial charge in [-0.3, -0.25) is 4.99 Å². The molecule has 1 atom stereocenters. The van der Waals surface area contributed by atoms with E-state index in [1.165, 1.54) is 39.3 Å². The Morgan fingerprint density at radius 3 is 2.29 bits per heavy atom. The van der Waals surface area contributed by atoms with Crippen molar-refractivity contribution in [1.29, 1.82) is 0 Å². The maximum absolute atomic E-state index is 4.75. The molecular formula is C18H39N5S. The molecule has 0 saturated carbocycles. The number of rotatable bonds is 9. The Morgan fingerprint density at radius 2 is 1.75 bits per heavy atom. The van der Waals surface area contributed by atoms with E-state index < -0.39 is 0 Å². The average Bonchev–Trinajstić information content (AvgIpc) is 2.58. The van der Waals surface area contributed by atoms with Gasteiger partial charge in [0.25, 0.3) is 0 Å². The first-order chi connectivity index (χ1) is 11.4.